The van der Waals surface area contributed by atoms with Crippen molar-refractivity contribution < 1.29 is 9.72 Å². The zero-order valence-electron chi connectivity index (χ0n) is 13.4. The number of amides is 2. The van der Waals surface area contributed by atoms with E-state index in [2.05, 4.69) is 15.7 Å². The number of nitro groups is 1. The molecule has 2 amide bonds. The summed E-state index contributed by atoms with van der Waals surface area (Å²) < 4.78 is 1.77. The fourth-order valence-electron chi connectivity index (χ4n) is 2.41. The van der Waals surface area contributed by atoms with Gasteiger partial charge in [-0.15, -0.1) is 0 Å². The molecule has 0 spiro atoms. The van der Waals surface area contributed by atoms with Gasteiger partial charge in [0.2, 0.25) is 0 Å². The fourth-order valence-corrected chi connectivity index (χ4v) is 2.63. The molecular weight excluding hydrogens is 346 g/mol. The number of aryl methyl sites for hydroxylation is 2. The zero-order chi connectivity index (χ0) is 18.1. The molecule has 0 aliphatic rings. The molecule has 0 unspecified atom stereocenters. The molecule has 0 saturated carbocycles. The normalized spacial score (nSPS) is 10.7. The smallest absolute Gasteiger partial charge is 0.308 e. The molecule has 9 heteroatoms. The maximum Gasteiger partial charge on any atom is 0.323 e. The molecule has 1 heterocycles. The molecule has 1 aromatic heterocycles. The molecule has 0 aliphatic heterocycles. The average Bonchev–Trinajstić information content (AvgIpc) is 2.83. The molecule has 3 rings (SSSR count). The standard InChI is InChI=1S/C16H14ClN5O3/c1-9-12-5-3-10(7-15(12)20-21(9)2)18-16(23)19-14-6-4-11(22(24)25)8-13(14)17/h3-8H,1-2H3,(H2,18,19,23). The van der Waals surface area contributed by atoms with Gasteiger partial charge in [0.05, 0.1) is 21.2 Å². The monoisotopic (exact) mass is 359 g/mol. The number of nitrogens with one attached hydrogen (secondary N) is 2. The van der Waals surface area contributed by atoms with Gasteiger partial charge >= 0.3 is 6.03 Å². The first kappa shape index (κ1) is 16.7. The summed E-state index contributed by atoms with van der Waals surface area (Å²) in [5.41, 5.74) is 2.50. The number of rotatable bonds is 3. The Morgan fingerprint density at radius 1 is 1.24 bits per heavy atom. The van der Waals surface area contributed by atoms with Gasteiger partial charge in [0.15, 0.2) is 0 Å². The van der Waals surface area contributed by atoms with Gasteiger partial charge in [-0.25, -0.2) is 4.79 Å². The van der Waals surface area contributed by atoms with E-state index < -0.39 is 11.0 Å². The molecular formula is C16H14ClN5O3. The molecule has 0 bridgehead atoms. The summed E-state index contributed by atoms with van der Waals surface area (Å²) in [6, 6.07) is 8.73. The number of carbonyl (C=O) groups excluding carboxylic acids is 1. The van der Waals surface area contributed by atoms with Gasteiger partial charge < -0.3 is 10.6 Å². The van der Waals surface area contributed by atoms with Crippen LogP contribution in [0.2, 0.25) is 5.02 Å². The third kappa shape index (κ3) is 3.38. The number of aromatic nitrogens is 2. The van der Waals surface area contributed by atoms with Crippen molar-refractivity contribution in [3.05, 3.63) is 57.2 Å². The minimum atomic E-state index is -0.556. The lowest BCUT2D eigenvalue weighted by Gasteiger charge is -2.09. The van der Waals surface area contributed by atoms with Crippen LogP contribution >= 0.6 is 11.6 Å². The highest BCUT2D eigenvalue weighted by Gasteiger charge is 2.12. The summed E-state index contributed by atoms with van der Waals surface area (Å²) in [7, 11) is 1.85. The molecule has 2 aromatic carbocycles. The van der Waals surface area contributed by atoms with Gasteiger partial charge in [0, 0.05) is 35.9 Å². The summed E-state index contributed by atoms with van der Waals surface area (Å²) >= 11 is 5.96. The minimum absolute atomic E-state index is 0.0835. The number of urea groups is 1. The Hall–Kier alpha value is -3.13. The molecule has 8 nitrogen and oxygen atoms in total. The van der Waals surface area contributed by atoms with Gasteiger partial charge in [0.25, 0.3) is 5.69 Å². The Morgan fingerprint density at radius 3 is 2.68 bits per heavy atom. The first-order chi connectivity index (χ1) is 11.8. The van der Waals surface area contributed by atoms with E-state index in [1.807, 2.05) is 20.0 Å². The van der Waals surface area contributed by atoms with Crippen LogP contribution in [0.5, 0.6) is 0 Å². The van der Waals surface area contributed by atoms with Crippen molar-refractivity contribution in [1.82, 2.24) is 9.78 Å². The van der Waals surface area contributed by atoms with Crippen LogP contribution in [0, 0.1) is 17.0 Å². The van der Waals surface area contributed by atoms with E-state index in [0.717, 1.165) is 16.6 Å². The van der Waals surface area contributed by atoms with Crippen LogP contribution in [0.3, 0.4) is 0 Å². The molecule has 128 valence electrons. The summed E-state index contributed by atoms with van der Waals surface area (Å²) in [5.74, 6) is 0. The maximum absolute atomic E-state index is 12.1. The van der Waals surface area contributed by atoms with Crippen LogP contribution < -0.4 is 10.6 Å². The summed E-state index contributed by atoms with van der Waals surface area (Å²) in [6.45, 7) is 1.96. The number of hydrogen-bond acceptors (Lipinski definition) is 4. The number of fused-ring (bicyclic) bond motifs is 1. The van der Waals surface area contributed by atoms with E-state index in [9.17, 15) is 14.9 Å². The number of carbonyl (C=O) groups is 1. The van der Waals surface area contributed by atoms with E-state index in [0.29, 0.717) is 5.69 Å². The summed E-state index contributed by atoms with van der Waals surface area (Å²) in [6.07, 6.45) is 0. The van der Waals surface area contributed by atoms with Crippen molar-refractivity contribution in [3.8, 4) is 0 Å². The molecule has 25 heavy (non-hydrogen) atoms. The largest absolute Gasteiger partial charge is 0.323 e. The Balaban J connectivity index is 1.75. The lowest BCUT2D eigenvalue weighted by molar-refractivity contribution is -0.384. The second-order valence-corrected chi connectivity index (χ2v) is 5.85. The molecule has 0 fully saturated rings. The SMILES string of the molecule is Cc1c2ccc(NC(=O)Nc3ccc([N+](=O)[O-])cc3Cl)cc2nn1C. The van der Waals surface area contributed by atoms with E-state index >= 15 is 0 Å². The summed E-state index contributed by atoms with van der Waals surface area (Å²) in [4.78, 5) is 22.3. The van der Waals surface area contributed by atoms with Crippen molar-refractivity contribution in [2.45, 2.75) is 6.92 Å². The number of anilines is 2. The lowest BCUT2D eigenvalue weighted by atomic mass is 10.2. The van der Waals surface area contributed by atoms with E-state index in [1.54, 1.807) is 16.8 Å². The first-order valence-electron chi connectivity index (χ1n) is 7.30. The van der Waals surface area contributed by atoms with Crippen molar-refractivity contribution in [2.24, 2.45) is 7.05 Å². The molecule has 0 radical (unpaired) electrons. The number of non-ortho nitro benzene ring substituents is 1. The van der Waals surface area contributed by atoms with Crippen molar-refractivity contribution in [3.63, 3.8) is 0 Å². The van der Waals surface area contributed by atoms with Crippen molar-refractivity contribution in [2.75, 3.05) is 10.6 Å². The van der Waals surface area contributed by atoms with Gasteiger partial charge in [-0.1, -0.05) is 11.6 Å². The second kappa shape index (κ2) is 6.40. The Kier molecular flexibility index (Phi) is 4.28. The molecule has 0 saturated heterocycles. The van der Waals surface area contributed by atoms with Crippen molar-refractivity contribution >= 4 is 45.6 Å². The van der Waals surface area contributed by atoms with E-state index in [-0.39, 0.29) is 16.4 Å². The number of hydrogen-bond donors (Lipinski definition) is 2. The lowest BCUT2D eigenvalue weighted by Crippen LogP contribution is -2.19. The fraction of sp³-hybridized carbons (Fsp3) is 0.125. The highest BCUT2D eigenvalue weighted by molar-refractivity contribution is 6.34. The number of benzene rings is 2. The third-order valence-corrected chi connectivity index (χ3v) is 4.11. The Bertz CT molecular complexity index is 999. The molecule has 2 N–H and O–H groups in total. The molecule has 0 atom stereocenters. The number of nitro benzene ring substituents is 1. The second-order valence-electron chi connectivity index (χ2n) is 5.44. The third-order valence-electron chi connectivity index (χ3n) is 3.80. The average molecular weight is 360 g/mol. The van der Waals surface area contributed by atoms with Gasteiger partial charge in [-0.3, -0.25) is 14.8 Å². The van der Waals surface area contributed by atoms with E-state index in [1.165, 1.54) is 18.2 Å². The van der Waals surface area contributed by atoms with Gasteiger partial charge in [0.1, 0.15) is 0 Å². The van der Waals surface area contributed by atoms with Crippen LogP contribution in [0.25, 0.3) is 10.9 Å². The predicted molar refractivity (Wildman–Crippen MR) is 96.2 cm³/mol. The van der Waals surface area contributed by atoms with Crippen LogP contribution in [0.4, 0.5) is 21.9 Å². The molecule has 0 aliphatic carbocycles. The zero-order valence-corrected chi connectivity index (χ0v) is 14.2. The maximum atomic E-state index is 12.1. The van der Waals surface area contributed by atoms with Gasteiger partial charge in [-0.05, 0) is 31.2 Å². The number of halogens is 1. The van der Waals surface area contributed by atoms with Crippen LogP contribution in [-0.2, 0) is 7.05 Å². The highest BCUT2D eigenvalue weighted by Crippen LogP contribution is 2.27. The molecule has 3 aromatic rings. The Labute approximate surface area is 147 Å². The quantitative estimate of drug-likeness (QED) is 0.543. The minimum Gasteiger partial charge on any atom is -0.308 e. The summed E-state index contributed by atoms with van der Waals surface area (Å²) in [5, 5.41) is 21.4. The first-order valence-corrected chi connectivity index (χ1v) is 7.68. The van der Waals surface area contributed by atoms with E-state index in [4.69, 9.17) is 11.6 Å². The topological polar surface area (TPSA) is 102 Å². The van der Waals surface area contributed by atoms with Crippen LogP contribution in [0.15, 0.2) is 36.4 Å². The van der Waals surface area contributed by atoms with Crippen LogP contribution in [0.1, 0.15) is 5.69 Å². The van der Waals surface area contributed by atoms with Gasteiger partial charge in [-0.2, -0.15) is 5.10 Å². The van der Waals surface area contributed by atoms with Crippen LogP contribution in [-0.4, -0.2) is 20.7 Å². The van der Waals surface area contributed by atoms with Crippen molar-refractivity contribution in [1.29, 1.82) is 0 Å². The number of nitrogens with zero attached hydrogens (tertiary/aromatic N) is 3. The Morgan fingerprint density at radius 2 is 2.00 bits per heavy atom. The highest BCUT2D eigenvalue weighted by atomic mass is 35.5. The predicted octanol–water partition coefficient (Wildman–Crippen LogP) is 4.09.